The standard InChI is InChI=1S/C26H25F4N3O3/c27-21-12-20-17(14-33(25(20)36)22-5-6-23(34)31-24(22)35)11-19(21)16-7-9-32(10-8-16)13-15-1-3-18(4-2-15)26(28,29)30/h1-4,11-12,16,22H,5-10,13-14H2,(H,31,34,35). The second-order valence-corrected chi connectivity index (χ2v) is 9.68. The van der Waals surface area contributed by atoms with E-state index in [4.69, 9.17) is 0 Å². The number of hydrogen-bond donors (Lipinski definition) is 1. The van der Waals surface area contributed by atoms with Crippen LogP contribution in [0.1, 0.15) is 64.2 Å². The Morgan fingerprint density at radius 2 is 1.67 bits per heavy atom. The van der Waals surface area contributed by atoms with Crippen LogP contribution < -0.4 is 5.32 Å². The smallest absolute Gasteiger partial charge is 0.322 e. The molecule has 0 bridgehead atoms. The van der Waals surface area contributed by atoms with Crippen molar-refractivity contribution in [2.24, 2.45) is 0 Å². The van der Waals surface area contributed by atoms with E-state index in [-0.39, 0.29) is 36.8 Å². The van der Waals surface area contributed by atoms with E-state index in [1.54, 1.807) is 6.07 Å². The Hall–Kier alpha value is -3.27. The van der Waals surface area contributed by atoms with Crippen LogP contribution in [0.2, 0.25) is 0 Å². The van der Waals surface area contributed by atoms with Gasteiger partial charge in [-0.3, -0.25) is 24.6 Å². The number of carbonyl (C=O) groups is 3. The van der Waals surface area contributed by atoms with E-state index in [1.165, 1.54) is 23.1 Å². The molecule has 3 amide bonds. The fourth-order valence-electron chi connectivity index (χ4n) is 5.38. The molecule has 0 radical (unpaired) electrons. The van der Waals surface area contributed by atoms with E-state index in [0.29, 0.717) is 43.6 Å². The molecule has 2 fully saturated rings. The zero-order valence-electron chi connectivity index (χ0n) is 19.4. The van der Waals surface area contributed by atoms with Crippen molar-refractivity contribution in [3.63, 3.8) is 0 Å². The predicted molar refractivity (Wildman–Crippen MR) is 121 cm³/mol. The van der Waals surface area contributed by atoms with Gasteiger partial charge in [-0.05, 0) is 73.2 Å². The zero-order valence-corrected chi connectivity index (χ0v) is 19.4. The lowest BCUT2D eigenvalue weighted by molar-refractivity contribution is -0.138. The van der Waals surface area contributed by atoms with Crippen LogP contribution in [0.3, 0.4) is 0 Å². The van der Waals surface area contributed by atoms with Crippen LogP contribution in [0, 0.1) is 5.82 Å². The highest BCUT2D eigenvalue weighted by molar-refractivity contribution is 6.05. The fourth-order valence-corrected chi connectivity index (χ4v) is 5.38. The molecule has 0 saturated carbocycles. The van der Waals surface area contributed by atoms with E-state index < -0.39 is 35.4 Å². The van der Waals surface area contributed by atoms with Crippen molar-refractivity contribution in [1.29, 1.82) is 0 Å². The molecule has 6 nitrogen and oxygen atoms in total. The highest BCUT2D eigenvalue weighted by atomic mass is 19.4. The minimum Gasteiger partial charge on any atom is -0.322 e. The fraction of sp³-hybridized carbons (Fsp3) is 0.423. The normalized spacial score (nSPS) is 21.6. The minimum atomic E-state index is -4.36. The van der Waals surface area contributed by atoms with Gasteiger partial charge >= 0.3 is 6.18 Å². The second kappa shape index (κ2) is 9.31. The van der Waals surface area contributed by atoms with Crippen LogP contribution in [-0.2, 0) is 28.9 Å². The molecule has 1 N–H and O–H groups in total. The number of halogens is 4. The summed E-state index contributed by atoms with van der Waals surface area (Å²) in [5.74, 6) is -1.77. The molecular weight excluding hydrogens is 478 g/mol. The Morgan fingerprint density at radius 1 is 0.972 bits per heavy atom. The number of carbonyl (C=O) groups excluding carboxylic acids is 3. The summed E-state index contributed by atoms with van der Waals surface area (Å²) in [6.45, 7) is 2.06. The Morgan fingerprint density at radius 3 is 2.31 bits per heavy atom. The van der Waals surface area contributed by atoms with E-state index in [0.717, 1.165) is 17.7 Å². The average Bonchev–Trinajstić information content (AvgIpc) is 3.14. The number of imide groups is 1. The highest BCUT2D eigenvalue weighted by Gasteiger charge is 2.40. The molecule has 3 aliphatic heterocycles. The van der Waals surface area contributed by atoms with Crippen LogP contribution >= 0.6 is 0 Å². The molecule has 36 heavy (non-hydrogen) atoms. The monoisotopic (exact) mass is 503 g/mol. The lowest BCUT2D eigenvalue weighted by Gasteiger charge is -2.32. The van der Waals surface area contributed by atoms with E-state index in [9.17, 15) is 27.6 Å². The molecule has 190 valence electrons. The number of amides is 3. The number of alkyl halides is 3. The van der Waals surface area contributed by atoms with E-state index in [1.807, 2.05) is 0 Å². The molecule has 5 rings (SSSR count). The summed E-state index contributed by atoms with van der Waals surface area (Å²) in [5.41, 5.74) is 1.58. The maximum absolute atomic E-state index is 15.1. The number of rotatable bonds is 4. The SMILES string of the molecule is O=C1CCC(N2Cc3cc(C4CCN(Cc5ccc(C(F)(F)F)cc5)CC4)c(F)cc3C2=O)C(=O)N1. The molecule has 2 aromatic carbocycles. The third-order valence-corrected chi connectivity index (χ3v) is 7.36. The molecule has 1 unspecified atom stereocenters. The van der Waals surface area contributed by atoms with Gasteiger partial charge in [-0.25, -0.2) is 4.39 Å². The summed E-state index contributed by atoms with van der Waals surface area (Å²) in [6.07, 6.45) is -2.60. The second-order valence-electron chi connectivity index (χ2n) is 9.68. The van der Waals surface area contributed by atoms with Crippen LogP contribution in [-0.4, -0.2) is 46.7 Å². The lowest BCUT2D eigenvalue weighted by atomic mass is 9.87. The van der Waals surface area contributed by atoms with Crippen molar-refractivity contribution >= 4 is 17.7 Å². The molecule has 3 heterocycles. The zero-order chi connectivity index (χ0) is 25.6. The van der Waals surface area contributed by atoms with E-state index in [2.05, 4.69) is 10.2 Å². The summed E-state index contributed by atoms with van der Waals surface area (Å²) < 4.78 is 53.4. The summed E-state index contributed by atoms with van der Waals surface area (Å²) in [4.78, 5) is 40.1. The minimum absolute atomic E-state index is 0.0427. The Labute approximate surface area is 205 Å². The molecule has 3 aliphatic rings. The number of piperidine rings is 2. The van der Waals surface area contributed by atoms with Crippen LogP contribution in [0.25, 0.3) is 0 Å². The van der Waals surface area contributed by atoms with Crippen molar-refractivity contribution in [1.82, 2.24) is 15.1 Å². The van der Waals surface area contributed by atoms with Crippen molar-refractivity contribution in [2.75, 3.05) is 13.1 Å². The highest BCUT2D eigenvalue weighted by Crippen LogP contribution is 2.36. The number of benzene rings is 2. The van der Waals surface area contributed by atoms with Crippen LogP contribution in [0.15, 0.2) is 36.4 Å². The van der Waals surface area contributed by atoms with Gasteiger partial charge in [0.05, 0.1) is 5.56 Å². The lowest BCUT2D eigenvalue weighted by Crippen LogP contribution is -2.52. The molecule has 0 aromatic heterocycles. The molecule has 0 aliphatic carbocycles. The Kier molecular flexibility index (Phi) is 6.32. The quantitative estimate of drug-likeness (QED) is 0.506. The first-order valence-electron chi connectivity index (χ1n) is 12.0. The first kappa shape index (κ1) is 24.4. The maximum Gasteiger partial charge on any atom is 0.416 e. The average molecular weight is 503 g/mol. The van der Waals surface area contributed by atoms with Crippen molar-refractivity contribution in [3.05, 3.63) is 70.0 Å². The Balaban J connectivity index is 1.23. The van der Waals surface area contributed by atoms with Gasteiger partial charge in [0, 0.05) is 25.1 Å². The molecule has 10 heteroatoms. The van der Waals surface area contributed by atoms with Gasteiger partial charge in [-0.1, -0.05) is 18.2 Å². The van der Waals surface area contributed by atoms with Crippen LogP contribution in [0.5, 0.6) is 0 Å². The van der Waals surface area contributed by atoms with Crippen molar-refractivity contribution < 1.29 is 31.9 Å². The van der Waals surface area contributed by atoms with Crippen molar-refractivity contribution in [3.8, 4) is 0 Å². The maximum atomic E-state index is 15.1. The summed E-state index contributed by atoms with van der Waals surface area (Å²) in [5, 5.41) is 2.26. The van der Waals surface area contributed by atoms with Gasteiger partial charge in [0.15, 0.2) is 0 Å². The molecule has 1 atom stereocenters. The first-order valence-corrected chi connectivity index (χ1v) is 12.0. The first-order chi connectivity index (χ1) is 17.1. The molecular formula is C26H25F4N3O3. The summed E-state index contributed by atoms with van der Waals surface area (Å²) in [6, 6.07) is 7.38. The number of likely N-dealkylation sites (tertiary alicyclic amines) is 1. The predicted octanol–water partition coefficient (Wildman–Crippen LogP) is 3.99. The van der Waals surface area contributed by atoms with Gasteiger partial charge in [-0.2, -0.15) is 13.2 Å². The van der Waals surface area contributed by atoms with Gasteiger partial charge in [0.2, 0.25) is 11.8 Å². The third-order valence-electron chi connectivity index (χ3n) is 7.36. The Bertz CT molecular complexity index is 1200. The molecule has 2 aromatic rings. The van der Waals surface area contributed by atoms with Gasteiger partial charge in [0.1, 0.15) is 11.9 Å². The van der Waals surface area contributed by atoms with Gasteiger partial charge < -0.3 is 4.90 Å². The van der Waals surface area contributed by atoms with Gasteiger partial charge in [-0.15, -0.1) is 0 Å². The summed E-state index contributed by atoms with van der Waals surface area (Å²) in [7, 11) is 0. The largest absolute Gasteiger partial charge is 0.416 e. The van der Waals surface area contributed by atoms with Crippen molar-refractivity contribution in [2.45, 2.75) is 56.9 Å². The van der Waals surface area contributed by atoms with Crippen LogP contribution in [0.4, 0.5) is 17.6 Å². The van der Waals surface area contributed by atoms with E-state index >= 15 is 4.39 Å². The number of fused-ring (bicyclic) bond motifs is 1. The molecule has 2 saturated heterocycles. The number of nitrogens with zero attached hydrogens (tertiary/aromatic N) is 2. The number of hydrogen-bond acceptors (Lipinski definition) is 4. The summed E-state index contributed by atoms with van der Waals surface area (Å²) >= 11 is 0. The van der Waals surface area contributed by atoms with Gasteiger partial charge in [0.25, 0.3) is 5.91 Å². The number of nitrogens with one attached hydrogen (secondary N) is 1. The molecule has 0 spiro atoms. The third kappa shape index (κ3) is 4.74. The topological polar surface area (TPSA) is 69.7 Å².